The average Bonchev–Trinajstić information content (AvgIpc) is 0.744. The molecule has 0 aromatic rings. The molecule has 33 atom stereocenters. The lowest BCUT2D eigenvalue weighted by molar-refractivity contribution is -0.400. The first kappa shape index (κ1) is 113. The number of carbonyl (C=O) groups is 5. The standard InChI is InChI=1S/C87H156N4O37/c1-5-7-9-11-13-15-17-19-20-21-22-23-24-25-26-28-30-32-34-36-38-40-61(104)90-52(53(101)39-37-35-33-31-29-27-18-16-14-12-10-8-6-2)49-117-83-72(112)70(110)76(58(45-95)120-83)124-84-73(113)71(111)75(59(46-96)121-84)123-82-65(89-51(4)100)78(68(108)57(44-94)119-82)126-85-74(114)80(77(60(47-97)122-85)125-81-64(88-50(3)99)69(109)67(107)56(43-93)118-81)128-87(86(115)116)41-54(102)63(91-62(105)48-98)79(127-87)66(106)55(103)42-92/h37,39,52-60,63-85,92-98,101-103,106-114H,5-36,38,40-49H2,1-4H3,(H,88,99)(H,89,100)(H,90,104)(H,91,105)(H,115,116)/b39-37+/t52-,53+,54?,55+,56?,57?,58?,59?,60?,63+,64?,65?,66+,67-,68-,69+,70+,71+,72?,73?,74?,75-,76+,77-,78+,79?,80+,81-,82-,83+,84-,85-,87-/m0/s1. The van der Waals surface area contributed by atoms with Crippen LogP contribution in [0.1, 0.15) is 252 Å². The van der Waals surface area contributed by atoms with Crippen LogP contribution in [0.4, 0.5) is 0 Å². The predicted octanol–water partition coefficient (Wildman–Crippen LogP) is -1.76. The first-order chi connectivity index (χ1) is 61.4. The number of carboxylic acids is 1. The number of hydrogen-bond acceptors (Lipinski definition) is 36. The molecular formula is C87H156N4O37. The van der Waals surface area contributed by atoms with Crippen LogP contribution in [0.5, 0.6) is 0 Å². The molecule has 24 N–H and O–H groups in total. The molecule has 6 rings (SSSR count). The summed E-state index contributed by atoms with van der Waals surface area (Å²) in [6.45, 7) is -2.26. The predicted molar refractivity (Wildman–Crippen MR) is 452 cm³/mol. The number of aliphatic hydroxyl groups is 19. The van der Waals surface area contributed by atoms with Gasteiger partial charge in [-0.25, -0.2) is 4.79 Å². The number of ether oxygens (including phenoxy) is 12. The highest BCUT2D eigenvalue weighted by Gasteiger charge is 2.63. The molecule has 0 radical (unpaired) electrons. The number of hydrogen-bond donors (Lipinski definition) is 24. The van der Waals surface area contributed by atoms with Crippen molar-refractivity contribution >= 4 is 29.6 Å². The second kappa shape index (κ2) is 60.3. The molecule has 12 unspecified atom stereocenters. The van der Waals surface area contributed by atoms with E-state index in [-0.39, 0.29) is 12.3 Å². The van der Waals surface area contributed by atoms with Gasteiger partial charge < -0.3 is 180 Å². The average molecular weight is 1850 g/mol. The van der Waals surface area contributed by atoms with E-state index in [0.717, 1.165) is 65.2 Å². The highest BCUT2D eigenvalue weighted by Crippen LogP contribution is 2.42. The Kier molecular flexibility index (Phi) is 53.1. The lowest BCUT2D eigenvalue weighted by atomic mass is 9.88. The van der Waals surface area contributed by atoms with E-state index in [1.165, 1.54) is 148 Å². The fraction of sp³-hybridized carbons (Fsp3) is 0.920. The minimum Gasteiger partial charge on any atom is -0.477 e. The third-order valence-corrected chi connectivity index (χ3v) is 24.7. The van der Waals surface area contributed by atoms with Crippen molar-refractivity contribution in [3.05, 3.63) is 12.2 Å². The van der Waals surface area contributed by atoms with Gasteiger partial charge in [0.2, 0.25) is 23.6 Å². The molecule has 0 aromatic heterocycles. The molecule has 0 saturated carbocycles. The van der Waals surface area contributed by atoms with E-state index < -0.39 is 285 Å². The van der Waals surface area contributed by atoms with Crippen LogP contribution < -0.4 is 21.3 Å². The summed E-state index contributed by atoms with van der Waals surface area (Å²) in [5, 5.41) is 234. The smallest absolute Gasteiger partial charge is 0.364 e. The maximum Gasteiger partial charge on any atom is 0.364 e. The molecule has 41 nitrogen and oxygen atoms in total. The first-order valence-corrected chi connectivity index (χ1v) is 46.8. The topological polar surface area (TPSA) is 649 Å². The minimum atomic E-state index is -3.47. The van der Waals surface area contributed by atoms with Crippen LogP contribution in [0, 0.1) is 0 Å². The van der Waals surface area contributed by atoms with Crippen molar-refractivity contribution in [2.75, 3.05) is 52.9 Å². The monoisotopic (exact) mass is 1850 g/mol. The lowest BCUT2D eigenvalue weighted by Crippen LogP contribution is -2.72. The molecule has 41 heteroatoms. The van der Waals surface area contributed by atoms with E-state index in [1.807, 2.05) is 6.08 Å². The Morgan fingerprint density at radius 3 is 1.27 bits per heavy atom. The molecule has 6 aliphatic rings. The zero-order valence-corrected chi connectivity index (χ0v) is 74.9. The molecule has 746 valence electrons. The molecular weight excluding hydrogens is 1690 g/mol. The van der Waals surface area contributed by atoms with Gasteiger partial charge in [-0.15, -0.1) is 0 Å². The summed E-state index contributed by atoms with van der Waals surface area (Å²) in [5.41, 5.74) is 0. The van der Waals surface area contributed by atoms with Crippen molar-refractivity contribution in [3.63, 3.8) is 0 Å². The van der Waals surface area contributed by atoms with Crippen LogP contribution in [0.3, 0.4) is 0 Å². The highest BCUT2D eigenvalue weighted by molar-refractivity contribution is 5.78. The van der Waals surface area contributed by atoms with E-state index in [0.29, 0.717) is 12.8 Å². The molecule has 4 amide bonds. The molecule has 0 bridgehead atoms. The summed E-state index contributed by atoms with van der Waals surface area (Å²) in [6, 6.07) is -6.89. The highest BCUT2D eigenvalue weighted by atomic mass is 16.8. The molecule has 0 spiro atoms. The quantitative estimate of drug-likeness (QED) is 0.0237. The Morgan fingerprint density at radius 1 is 0.414 bits per heavy atom. The van der Waals surface area contributed by atoms with Crippen molar-refractivity contribution in [3.8, 4) is 0 Å². The third kappa shape index (κ3) is 34.9. The number of rotatable bonds is 63. The van der Waals surface area contributed by atoms with Crippen LogP contribution in [0.2, 0.25) is 0 Å². The SMILES string of the molecule is CCCCCCCCCCCCC/C=C/[C@@H](O)[C@H](CO[C@@H]1OC(CO)[C@@H](O[C@@H]2OC(CO)[C@H](O[C@@H]3OC(CO)[C@H](O)[C@H](O[C@@H]4OC(CO)[C@H](O[C@@H]5OC(CO)[C@H](O)[C@H](O)C5NC(C)=O)[C@H](O[C@]5(C(=O)O)CC(O)[C@@H](NC(=O)CO)C([C@H](O)[C@H](O)CO)O5)C4O)C3NC(C)=O)[C@H](O)C2O)[C@H](O)C1O)NC(=O)CCCCCCCCCCCCCCCCCCCCCCC. The lowest BCUT2D eigenvalue weighted by Gasteiger charge is -2.53. The normalized spacial score (nSPS) is 34.5. The van der Waals surface area contributed by atoms with Gasteiger partial charge in [0.25, 0.3) is 5.79 Å². The van der Waals surface area contributed by atoms with Crippen LogP contribution in [0.15, 0.2) is 12.2 Å². The van der Waals surface area contributed by atoms with E-state index >= 15 is 0 Å². The van der Waals surface area contributed by atoms with Gasteiger partial charge in [0.15, 0.2) is 31.5 Å². The van der Waals surface area contributed by atoms with Gasteiger partial charge in [-0.05, 0) is 19.3 Å². The largest absolute Gasteiger partial charge is 0.477 e. The fourth-order valence-electron chi connectivity index (χ4n) is 17.3. The summed E-state index contributed by atoms with van der Waals surface area (Å²) in [6.07, 6.45) is -17.9. The number of allylic oxidation sites excluding steroid dienone is 1. The summed E-state index contributed by atoms with van der Waals surface area (Å²) < 4.78 is 72.2. The van der Waals surface area contributed by atoms with Gasteiger partial charge in [-0.2, -0.15) is 0 Å². The number of nitrogens with one attached hydrogen (secondary N) is 4. The number of aliphatic carboxylic acids is 1. The maximum absolute atomic E-state index is 13.8. The Balaban J connectivity index is 1.15. The Hall–Kier alpha value is -4.15. The van der Waals surface area contributed by atoms with Crippen molar-refractivity contribution in [1.82, 2.24) is 21.3 Å². The number of carbonyl (C=O) groups excluding carboxylic acids is 4. The summed E-state index contributed by atoms with van der Waals surface area (Å²) in [4.78, 5) is 66.0. The summed E-state index contributed by atoms with van der Waals surface area (Å²) in [7, 11) is 0. The van der Waals surface area contributed by atoms with Gasteiger partial charge in [-0.1, -0.05) is 219 Å². The Morgan fingerprint density at radius 2 is 0.812 bits per heavy atom. The number of carboxylic acid groups (broad SMARTS) is 1. The fourth-order valence-corrected chi connectivity index (χ4v) is 17.3. The summed E-state index contributed by atoms with van der Waals surface area (Å²) in [5.74, 6) is -9.18. The van der Waals surface area contributed by atoms with Crippen LogP contribution in [0.25, 0.3) is 0 Å². The number of aliphatic hydroxyl groups excluding tert-OH is 19. The van der Waals surface area contributed by atoms with Crippen LogP contribution in [-0.4, -0.2) is 386 Å². The number of amides is 4. The molecule has 128 heavy (non-hydrogen) atoms. The van der Waals surface area contributed by atoms with Crippen molar-refractivity contribution in [1.29, 1.82) is 0 Å². The third-order valence-electron chi connectivity index (χ3n) is 24.7. The summed E-state index contributed by atoms with van der Waals surface area (Å²) >= 11 is 0. The Bertz CT molecular complexity index is 3090. The van der Waals surface area contributed by atoms with Crippen molar-refractivity contribution < 1.29 is 183 Å². The van der Waals surface area contributed by atoms with Crippen LogP contribution >= 0.6 is 0 Å². The van der Waals surface area contributed by atoms with E-state index in [4.69, 9.17) is 56.8 Å². The second-order valence-corrected chi connectivity index (χ2v) is 35.0. The second-order valence-electron chi connectivity index (χ2n) is 35.0. The van der Waals surface area contributed by atoms with Gasteiger partial charge in [0.1, 0.15) is 147 Å². The van der Waals surface area contributed by atoms with E-state index in [2.05, 4.69) is 35.1 Å². The van der Waals surface area contributed by atoms with E-state index in [9.17, 15) is 126 Å². The van der Waals surface area contributed by atoms with E-state index in [1.54, 1.807) is 6.08 Å². The molecule has 0 aliphatic carbocycles. The van der Waals surface area contributed by atoms with Crippen LogP contribution in [-0.2, 0) is 80.8 Å². The maximum atomic E-state index is 13.8. The van der Waals surface area contributed by atoms with Gasteiger partial charge in [0, 0.05) is 26.7 Å². The minimum absolute atomic E-state index is 0.153. The molecule has 6 aliphatic heterocycles. The Labute approximate surface area is 750 Å². The molecule has 6 fully saturated rings. The van der Waals surface area contributed by atoms with Crippen molar-refractivity contribution in [2.45, 2.75) is 454 Å². The van der Waals surface area contributed by atoms with Crippen molar-refractivity contribution in [2.24, 2.45) is 0 Å². The number of unbranched alkanes of at least 4 members (excludes halogenated alkanes) is 31. The van der Waals surface area contributed by atoms with Gasteiger partial charge in [-0.3, -0.25) is 19.2 Å². The molecule has 6 heterocycles. The zero-order valence-electron chi connectivity index (χ0n) is 74.9. The van der Waals surface area contributed by atoms with Gasteiger partial charge in [0.05, 0.1) is 70.5 Å². The zero-order chi connectivity index (χ0) is 94.0. The first-order valence-electron chi connectivity index (χ1n) is 46.8. The molecule has 0 aromatic carbocycles. The molecule has 6 saturated heterocycles. The van der Waals surface area contributed by atoms with Gasteiger partial charge >= 0.3 is 5.97 Å².